The molecule has 0 spiro atoms. The van der Waals surface area contributed by atoms with E-state index in [1.54, 1.807) is 24.4 Å². The van der Waals surface area contributed by atoms with Crippen LogP contribution in [0.1, 0.15) is 11.1 Å². The van der Waals surface area contributed by atoms with Gasteiger partial charge in [0.15, 0.2) is 12.4 Å². The Morgan fingerprint density at radius 1 is 1.31 bits per heavy atom. The zero-order chi connectivity index (χ0) is 18.4. The lowest BCUT2D eigenvalue weighted by atomic mass is 10.1. The highest BCUT2D eigenvalue weighted by atomic mass is 35.5. The number of aryl methyl sites for hydroxylation is 1. The van der Waals surface area contributed by atoms with Crippen molar-refractivity contribution in [2.24, 2.45) is 5.10 Å². The van der Waals surface area contributed by atoms with Gasteiger partial charge < -0.3 is 9.26 Å². The van der Waals surface area contributed by atoms with Gasteiger partial charge >= 0.3 is 0 Å². The number of amides is 1. The second kappa shape index (κ2) is 8.31. The minimum absolute atomic E-state index is 0.200. The predicted octanol–water partition coefficient (Wildman–Crippen LogP) is 3.83. The first kappa shape index (κ1) is 17.7. The lowest BCUT2D eigenvalue weighted by molar-refractivity contribution is -0.123. The normalized spacial score (nSPS) is 10.8. The van der Waals surface area contributed by atoms with Crippen molar-refractivity contribution in [1.82, 2.24) is 10.6 Å². The van der Waals surface area contributed by atoms with E-state index in [1.807, 2.05) is 37.3 Å². The lowest BCUT2D eigenvalue weighted by Crippen LogP contribution is -2.24. The molecule has 3 rings (SSSR count). The van der Waals surface area contributed by atoms with Crippen LogP contribution in [0.2, 0.25) is 5.02 Å². The molecular weight excluding hydrogens is 354 g/mol. The number of benzene rings is 2. The Bertz CT molecular complexity index is 909. The molecule has 1 N–H and O–H groups in total. The number of carbonyl (C=O) groups excluding carboxylic acids is 1. The minimum atomic E-state index is -0.381. The SMILES string of the molecule is Cc1cc(OCC(=O)N/N=C/c2ccccc2)c(-c2ccno2)cc1Cl. The van der Waals surface area contributed by atoms with Gasteiger partial charge in [-0.05, 0) is 30.2 Å². The third-order valence-corrected chi connectivity index (χ3v) is 3.93. The Balaban J connectivity index is 1.65. The molecule has 132 valence electrons. The van der Waals surface area contributed by atoms with Gasteiger partial charge in [0.2, 0.25) is 0 Å². The van der Waals surface area contributed by atoms with E-state index in [2.05, 4.69) is 15.7 Å². The number of hydrazone groups is 1. The molecule has 2 aromatic carbocycles. The number of aromatic nitrogens is 1. The fourth-order valence-corrected chi connectivity index (χ4v) is 2.38. The van der Waals surface area contributed by atoms with Crippen molar-refractivity contribution in [2.75, 3.05) is 6.61 Å². The molecule has 0 aliphatic rings. The molecule has 1 amide bonds. The van der Waals surface area contributed by atoms with Crippen molar-refractivity contribution in [3.8, 4) is 17.1 Å². The number of rotatable bonds is 6. The van der Waals surface area contributed by atoms with Gasteiger partial charge in [0.1, 0.15) is 5.75 Å². The zero-order valence-corrected chi connectivity index (χ0v) is 14.7. The molecular formula is C19H16ClN3O3. The average Bonchev–Trinajstić information content (AvgIpc) is 3.18. The fraction of sp³-hybridized carbons (Fsp3) is 0.105. The number of hydrogen-bond donors (Lipinski definition) is 1. The number of hydrogen-bond acceptors (Lipinski definition) is 5. The largest absolute Gasteiger partial charge is 0.483 e. The second-order valence-electron chi connectivity index (χ2n) is 5.47. The summed E-state index contributed by atoms with van der Waals surface area (Å²) < 4.78 is 10.8. The van der Waals surface area contributed by atoms with Crippen LogP contribution < -0.4 is 10.2 Å². The molecule has 0 unspecified atom stereocenters. The molecule has 0 bridgehead atoms. The van der Waals surface area contributed by atoms with Crippen LogP contribution in [0.3, 0.4) is 0 Å². The van der Waals surface area contributed by atoms with Crippen LogP contribution in [-0.4, -0.2) is 23.9 Å². The van der Waals surface area contributed by atoms with Gasteiger partial charge in [-0.3, -0.25) is 4.79 Å². The van der Waals surface area contributed by atoms with Gasteiger partial charge in [0.25, 0.3) is 5.91 Å². The Hall–Kier alpha value is -3.12. The van der Waals surface area contributed by atoms with Gasteiger partial charge in [0.05, 0.1) is 18.0 Å². The molecule has 7 heteroatoms. The summed E-state index contributed by atoms with van der Waals surface area (Å²) >= 11 is 6.18. The molecule has 0 aliphatic heterocycles. The van der Waals surface area contributed by atoms with Crippen LogP contribution in [0.25, 0.3) is 11.3 Å². The summed E-state index contributed by atoms with van der Waals surface area (Å²) in [6.07, 6.45) is 3.09. The average molecular weight is 370 g/mol. The molecule has 0 atom stereocenters. The molecule has 3 aromatic rings. The first-order valence-corrected chi connectivity index (χ1v) is 8.22. The van der Waals surface area contributed by atoms with E-state index in [0.717, 1.165) is 11.1 Å². The van der Waals surface area contributed by atoms with Gasteiger partial charge in [-0.1, -0.05) is 47.1 Å². The molecule has 0 radical (unpaired) electrons. The van der Waals surface area contributed by atoms with Crippen molar-refractivity contribution >= 4 is 23.7 Å². The standard InChI is InChI=1S/C19H16ClN3O3/c1-13-9-18(15(10-16(13)20)17-7-8-22-26-17)25-12-19(24)23-21-11-14-5-3-2-4-6-14/h2-11H,12H2,1H3,(H,23,24)/b21-11+. The van der Waals surface area contributed by atoms with Crippen LogP contribution in [0.4, 0.5) is 0 Å². The van der Waals surface area contributed by atoms with Crippen molar-refractivity contribution in [3.63, 3.8) is 0 Å². The fourth-order valence-electron chi connectivity index (χ4n) is 2.22. The summed E-state index contributed by atoms with van der Waals surface area (Å²) in [5.74, 6) is 0.601. The smallest absolute Gasteiger partial charge is 0.277 e. The van der Waals surface area contributed by atoms with Crippen molar-refractivity contribution < 1.29 is 14.1 Å². The van der Waals surface area contributed by atoms with E-state index < -0.39 is 0 Å². The highest BCUT2D eigenvalue weighted by Gasteiger charge is 2.14. The predicted molar refractivity (Wildman–Crippen MR) is 99.4 cm³/mol. The highest BCUT2D eigenvalue weighted by molar-refractivity contribution is 6.31. The lowest BCUT2D eigenvalue weighted by Gasteiger charge is -2.11. The summed E-state index contributed by atoms with van der Waals surface area (Å²) in [4.78, 5) is 11.9. The van der Waals surface area contributed by atoms with Crippen LogP contribution in [0, 0.1) is 6.92 Å². The van der Waals surface area contributed by atoms with E-state index in [-0.39, 0.29) is 12.5 Å². The Morgan fingerprint density at radius 2 is 2.12 bits per heavy atom. The molecule has 26 heavy (non-hydrogen) atoms. The molecule has 1 heterocycles. The first-order chi connectivity index (χ1) is 12.6. The van der Waals surface area contributed by atoms with Crippen LogP contribution >= 0.6 is 11.6 Å². The number of nitrogens with zero attached hydrogens (tertiary/aromatic N) is 2. The van der Waals surface area contributed by atoms with Crippen LogP contribution in [0.15, 0.2) is 64.4 Å². The Morgan fingerprint density at radius 3 is 2.85 bits per heavy atom. The van der Waals surface area contributed by atoms with E-state index in [1.165, 1.54) is 6.20 Å². The van der Waals surface area contributed by atoms with E-state index in [0.29, 0.717) is 22.1 Å². The molecule has 0 aliphatic carbocycles. The zero-order valence-electron chi connectivity index (χ0n) is 14.0. The number of carbonyl (C=O) groups is 1. The Labute approximate surface area is 155 Å². The van der Waals surface area contributed by atoms with E-state index >= 15 is 0 Å². The van der Waals surface area contributed by atoms with Gasteiger partial charge in [-0.2, -0.15) is 5.10 Å². The molecule has 0 fully saturated rings. The quantitative estimate of drug-likeness (QED) is 0.529. The van der Waals surface area contributed by atoms with E-state index in [9.17, 15) is 4.79 Å². The van der Waals surface area contributed by atoms with Gasteiger partial charge in [-0.25, -0.2) is 5.43 Å². The maximum absolute atomic E-state index is 11.9. The maximum atomic E-state index is 11.9. The summed E-state index contributed by atoms with van der Waals surface area (Å²) in [6, 6.07) is 14.6. The maximum Gasteiger partial charge on any atom is 0.277 e. The second-order valence-corrected chi connectivity index (χ2v) is 5.87. The summed E-state index contributed by atoms with van der Waals surface area (Å²) in [5.41, 5.74) is 4.76. The third kappa shape index (κ3) is 4.49. The minimum Gasteiger partial charge on any atom is -0.483 e. The monoisotopic (exact) mass is 369 g/mol. The van der Waals surface area contributed by atoms with Crippen molar-refractivity contribution in [2.45, 2.75) is 6.92 Å². The third-order valence-electron chi connectivity index (χ3n) is 3.53. The van der Waals surface area contributed by atoms with Gasteiger partial charge in [0, 0.05) is 11.1 Å². The van der Waals surface area contributed by atoms with Crippen molar-refractivity contribution in [1.29, 1.82) is 0 Å². The van der Waals surface area contributed by atoms with Crippen LogP contribution in [-0.2, 0) is 4.79 Å². The highest BCUT2D eigenvalue weighted by Crippen LogP contribution is 2.34. The summed E-state index contributed by atoms with van der Waals surface area (Å²) in [6.45, 7) is 1.65. The molecule has 1 aromatic heterocycles. The number of ether oxygens (including phenoxy) is 1. The van der Waals surface area contributed by atoms with Gasteiger partial charge in [-0.15, -0.1) is 0 Å². The molecule has 0 saturated heterocycles. The topological polar surface area (TPSA) is 76.7 Å². The Kier molecular flexibility index (Phi) is 5.66. The van der Waals surface area contributed by atoms with Crippen LogP contribution in [0.5, 0.6) is 5.75 Å². The van der Waals surface area contributed by atoms with E-state index in [4.69, 9.17) is 20.9 Å². The summed E-state index contributed by atoms with van der Waals surface area (Å²) in [7, 11) is 0. The molecule has 0 saturated carbocycles. The number of nitrogens with one attached hydrogen (secondary N) is 1. The first-order valence-electron chi connectivity index (χ1n) is 7.84. The summed E-state index contributed by atoms with van der Waals surface area (Å²) in [5, 5.41) is 8.16. The van der Waals surface area contributed by atoms with Crippen molar-refractivity contribution in [3.05, 3.63) is 70.9 Å². The number of halogens is 1. The molecule has 6 nitrogen and oxygen atoms in total.